The molecule has 24 heavy (non-hydrogen) atoms. The molecule has 0 aromatic heterocycles. The highest BCUT2D eigenvalue weighted by Gasteiger charge is 2.33. The molecule has 1 aromatic rings. The van der Waals surface area contributed by atoms with Gasteiger partial charge in [0.15, 0.2) is 0 Å². The number of anilines is 2. The second-order valence-corrected chi connectivity index (χ2v) is 8.11. The van der Waals surface area contributed by atoms with Crippen LogP contribution in [0.25, 0.3) is 0 Å². The van der Waals surface area contributed by atoms with Gasteiger partial charge in [0.2, 0.25) is 5.91 Å². The number of rotatable bonds is 4. The maximum Gasteiger partial charge on any atom is 0.302 e. The minimum Gasteiger partial charge on any atom is -0.372 e. The first-order valence-electron chi connectivity index (χ1n) is 8.50. The molecule has 2 aliphatic rings. The number of benzene rings is 1. The van der Waals surface area contributed by atoms with Gasteiger partial charge in [0.05, 0.1) is 5.75 Å². The van der Waals surface area contributed by atoms with Crippen LogP contribution in [0.2, 0.25) is 0 Å². The van der Waals surface area contributed by atoms with Crippen molar-refractivity contribution in [2.45, 2.75) is 32.1 Å². The summed E-state index contributed by atoms with van der Waals surface area (Å²) in [4.78, 5) is 16.0. The number of hydrogen-bond donors (Lipinski definition) is 0. The van der Waals surface area contributed by atoms with Crippen LogP contribution in [-0.2, 0) is 15.0 Å². The number of carbonyl (C=O) groups excluding carboxylic acids is 1. The van der Waals surface area contributed by atoms with E-state index in [0.717, 1.165) is 24.5 Å². The Morgan fingerprint density at radius 1 is 1.00 bits per heavy atom. The Labute approximate surface area is 142 Å². The number of hydrogen-bond acceptors (Lipinski definition) is 4. The topological polar surface area (TPSA) is 57.7 Å². The first-order valence-corrected chi connectivity index (χ1v) is 10.1. The van der Waals surface area contributed by atoms with E-state index in [-0.39, 0.29) is 18.9 Å². The van der Waals surface area contributed by atoms with Crippen molar-refractivity contribution in [3.8, 4) is 0 Å². The van der Waals surface area contributed by atoms with Crippen molar-refractivity contribution in [1.82, 2.24) is 0 Å². The fraction of sp³-hybridized carbons (Fsp3) is 0.588. The third kappa shape index (κ3) is 4.26. The lowest BCUT2D eigenvalue weighted by molar-refractivity contribution is -0.117. The van der Waals surface area contributed by atoms with Gasteiger partial charge in [0.25, 0.3) is 0 Å². The highest BCUT2D eigenvalue weighted by molar-refractivity contribution is 7.86. The predicted octanol–water partition coefficient (Wildman–Crippen LogP) is 2.72. The Bertz CT molecular complexity index is 682. The van der Waals surface area contributed by atoms with E-state index < -0.39 is 21.9 Å². The fourth-order valence-corrected chi connectivity index (χ4v) is 4.38. The molecule has 1 aromatic carbocycles. The summed E-state index contributed by atoms with van der Waals surface area (Å²) in [6.07, 6.45) is 5.03. The summed E-state index contributed by atoms with van der Waals surface area (Å²) in [6, 6.07) is 7.80. The fourth-order valence-electron chi connectivity index (χ4n) is 3.60. The van der Waals surface area contributed by atoms with E-state index >= 15 is 0 Å². The van der Waals surface area contributed by atoms with Gasteiger partial charge >= 0.3 is 10.2 Å². The summed E-state index contributed by atoms with van der Waals surface area (Å²) in [5, 5.41) is 0. The molecule has 2 fully saturated rings. The van der Waals surface area contributed by atoms with Gasteiger partial charge in [-0.15, -0.1) is 3.89 Å². The molecule has 1 unspecified atom stereocenters. The van der Waals surface area contributed by atoms with Gasteiger partial charge in [0.1, 0.15) is 0 Å². The molecule has 132 valence electrons. The molecule has 1 atom stereocenters. The third-order valence-electron chi connectivity index (χ3n) is 4.77. The third-order valence-corrected chi connectivity index (χ3v) is 5.64. The zero-order chi connectivity index (χ0) is 17.2. The standard InChI is InChI=1S/C17H23FN2O3S/c18-24(22,23)13-14-11-17(21)20(12-14)16-7-5-15(6-8-16)19-9-3-1-2-4-10-19/h5-8,14H,1-4,9-13H2. The number of halogens is 1. The maximum absolute atomic E-state index is 12.8. The van der Waals surface area contributed by atoms with Crippen molar-refractivity contribution in [1.29, 1.82) is 0 Å². The largest absolute Gasteiger partial charge is 0.372 e. The molecular weight excluding hydrogens is 331 g/mol. The molecule has 1 amide bonds. The molecule has 7 heteroatoms. The monoisotopic (exact) mass is 354 g/mol. The van der Waals surface area contributed by atoms with Crippen LogP contribution in [0.5, 0.6) is 0 Å². The van der Waals surface area contributed by atoms with Gasteiger partial charge in [-0.05, 0) is 37.1 Å². The summed E-state index contributed by atoms with van der Waals surface area (Å²) in [7, 11) is -4.55. The molecule has 2 heterocycles. The highest BCUT2D eigenvalue weighted by Crippen LogP contribution is 2.28. The maximum atomic E-state index is 12.8. The lowest BCUT2D eigenvalue weighted by atomic mass is 10.1. The van der Waals surface area contributed by atoms with E-state index in [1.54, 1.807) is 4.90 Å². The van der Waals surface area contributed by atoms with E-state index in [4.69, 9.17) is 0 Å². The summed E-state index contributed by atoms with van der Waals surface area (Å²) in [5.74, 6) is -1.20. The Balaban J connectivity index is 1.68. The molecule has 0 bridgehead atoms. The smallest absolute Gasteiger partial charge is 0.302 e. The molecule has 0 N–H and O–H groups in total. The van der Waals surface area contributed by atoms with Gasteiger partial charge in [0, 0.05) is 43.3 Å². The van der Waals surface area contributed by atoms with Crippen LogP contribution < -0.4 is 9.80 Å². The van der Waals surface area contributed by atoms with E-state index in [1.807, 2.05) is 24.3 Å². The summed E-state index contributed by atoms with van der Waals surface area (Å²) >= 11 is 0. The first-order chi connectivity index (χ1) is 11.4. The van der Waals surface area contributed by atoms with Gasteiger partial charge in [-0.2, -0.15) is 8.42 Å². The van der Waals surface area contributed by atoms with Crippen LogP contribution >= 0.6 is 0 Å². The second kappa shape index (κ2) is 7.09. The van der Waals surface area contributed by atoms with Crippen molar-refractivity contribution in [3.05, 3.63) is 24.3 Å². The number of nitrogens with zero attached hydrogens (tertiary/aromatic N) is 2. The zero-order valence-electron chi connectivity index (χ0n) is 13.7. The highest BCUT2D eigenvalue weighted by atomic mass is 32.3. The Kier molecular flexibility index (Phi) is 5.08. The van der Waals surface area contributed by atoms with Crippen LogP contribution in [0.3, 0.4) is 0 Å². The lowest BCUT2D eigenvalue weighted by Gasteiger charge is -2.24. The van der Waals surface area contributed by atoms with Crippen molar-refractivity contribution < 1.29 is 17.1 Å². The minimum absolute atomic E-state index is 0.0804. The van der Waals surface area contributed by atoms with Crippen molar-refractivity contribution >= 4 is 27.5 Å². The summed E-state index contributed by atoms with van der Waals surface area (Å²) in [6.45, 7) is 2.36. The molecule has 2 saturated heterocycles. The average Bonchev–Trinajstić information content (AvgIpc) is 2.74. The zero-order valence-corrected chi connectivity index (χ0v) is 14.5. The molecular formula is C17H23FN2O3S. The molecule has 0 aliphatic carbocycles. The van der Waals surface area contributed by atoms with Gasteiger partial charge in [-0.1, -0.05) is 12.8 Å². The molecule has 3 rings (SSSR count). The van der Waals surface area contributed by atoms with E-state index in [2.05, 4.69) is 4.90 Å². The Hall–Kier alpha value is -1.63. The van der Waals surface area contributed by atoms with E-state index in [9.17, 15) is 17.1 Å². The quantitative estimate of drug-likeness (QED) is 0.780. The number of carbonyl (C=O) groups is 1. The molecule has 5 nitrogen and oxygen atoms in total. The number of amides is 1. The van der Waals surface area contributed by atoms with Crippen molar-refractivity contribution in [2.24, 2.45) is 5.92 Å². The molecule has 0 spiro atoms. The van der Waals surface area contributed by atoms with Crippen LogP contribution in [-0.4, -0.2) is 39.7 Å². The molecule has 0 radical (unpaired) electrons. The van der Waals surface area contributed by atoms with E-state index in [0.29, 0.717) is 0 Å². The van der Waals surface area contributed by atoms with E-state index in [1.165, 1.54) is 25.7 Å². The molecule has 0 saturated carbocycles. The van der Waals surface area contributed by atoms with Gasteiger partial charge in [-0.25, -0.2) is 0 Å². The van der Waals surface area contributed by atoms with Gasteiger partial charge < -0.3 is 9.80 Å². The van der Waals surface area contributed by atoms with Crippen LogP contribution in [0, 0.1) is 5.92 Å². The van der Waals surface area contributed by atoms with Crippen LogP contribution in [0.1, 0.15) is 32.1 Å². The first kappa shape index (κ1) is 17.2. The van der Waals surface area contributed by atoms with Gasteiger partial charge in [-0.3, -0.25) is 4.79 Å². The summed E-state index contributed by atoms with van der Waals surface area (Å²) < 4.78 is 34.4. The molecule has 2 aliphatic heterocycles. The van der Waals surface area contributed by atoms with Crippen LogP contribution in [0.4, 0.5) is 15.3 Å². The van der Waals surface area contributed by atoms with Crippen molar-refractivity contribution in [3.63, 3.8) is 0 Å². The Morgan fingerprint density at radius 3 is 2.17 bits per heavy atom. The Morgan fingerprint density at radius 2 is 1.58 bits per heavy atom. The minimum atomic E-state index is -4.55. The van der Waals surface area contributed by atoms with Crippen LogP contribution in [0.15, 0.2) is 24.3 Å². The second-order valence-electron chi connectivity index (χ2n) is 6.70. The van der Waals surface area contributed by atoms with Crippen molar-refractivity contribution in [2.75, 3.05) is 35.2 Å². The predicted molar refractivity (Wildman–Crippen MR) is 92.5 cm³/mol. The average molecular weight is 354 g/mol. The normalized spacial score (nSPS) is 22.7. The summed E-state index contributed by atoms with van der Waals surface area (Å²) in [5.41, 5.74) is 1.90. The SMILES string of the molecule is O=C1CC(CS(=O)(=O)F)CN1c1ccc(N2CCCCCC2)cc1. The lowest BCUT2D eigenvalue weighted by Crippen LogP contribution is -2.26.